The zero-order valence-electron chi connectivity index (χ0n) is 25.6. The van der Waals surface area contributed by atoms with Crippen LogP contribution in [0.5, 0.6) is 5.75 Å². The highest BCUT2D eigenvalue weighted by Gasteiger charge is 2.35. The first-order valence-electron chi connectivity index (χ1n) is 14.7. The number of halogens is 1. The molecule has 2 amide bonds. The summed E-state index contributed by atoms with van der Waals surface area (Å²) in [5.74, 6) is -0.325. The number of carbonyl (C=O) groups is 2. The van der Waals surface area contributed by atoms with Crippen LogP contribution in [0.2, 0.25) is 5.02 Å². The van der Waals surface area contributed by atoms with Crippen molar-refractivity contribution in [1.29, 1.82) is 0 Å². The van der Waals surface area contributed by atoms with Gasteiger partial charge in [0.2, 0.25) is 11.8 Å². The van der Waals surface area contributed by atoms with Gasteiger partial charge in [0.25, 0.3) is 10.0 Å². The van der Waals surface area contributed by atoms with E-state index in [0.29, 0.717) is 17.2 Å². The Labute approximate surface area is 270 Å². The number of nitrogens with one attached hydrogen (secondary N) is 1. The van der Waals surface area contributed by atoms with Crippen LogP contribution in [0.4, 0.5) is 5.69 Å². The molecular formula is C35H38ClN3O5S. The summed E-state index contributed by atoms with van der Waals surface area (Å²) in [5.41, 5.74) is 1.88. The number of hydrogen-bond donors (Lipinski definition) is 1. The minimum absolute atomic E-state index is 0.0354. The summed E-state index contributed by atoms with van der Waals surface area (Å²) in [6, 6.07) is 29.8. The second-order valence-corrected chi connectivity index (χ2v) is 13.0. The van der Waals surface area contributed by atoms with E-state index in [1.165, 1.54) is 24.1 Å². The molecule has 0 bridgehead atoms. The van der Waals surface area contributed by atoms with Gasteiger partial charge in [0, 0.05) is 24.0 Å². The molecule has 0 heterocycles. The van der Waals surface area contributed by atoms with E-state index in [9.17, 15) is 18.0 Å². The second kappa shape index (κ2) is 15.6. The van der Waals surface area contributed by atoms with Crippen LogP contribution in [-0.2, 0) is 32.6 Å². The molecule has 10 heteroatoms. The predicted molar refractivity (Wildman–Crippen MR) is 178 cm³/mol. The topological polar surface area (TPSA) is 96.0 Å². The lowest BCUT2D eigenvalue weighted by molar-refractivity contribution is -0.140. The van der Waals surface area contributed by atoms with E-state index in [-0.39, 0.29) is 35.5 Å². The predicted octanol–water partition coefficient (Wildman–Crippen LogP) is 6.10. The second-order valence-electron chi connectivity index (χ2n) is 10.7. The fraction of sp³-hybridized carbons (Fsp3) is 0.257. The molecule has 45 heavy (non-hydrogen) atoms. The summed E-state index contributed by atoms with van der Waals surface area (Å²) in [6.45, 7) is 3.39. The van der Waals surface area contributed by atoms with Gasteiger partial charge in [0.05, 0.1) is 17.7 Å². The molecule has 4 aromatic rings. The van der Waals surface area contributed by atoms with Crippen LogP contribution in [0.15, 0.2) is 114 Å². The minimum Gasteiger partial charge on any atom is -0.497 e. The fourth-order valence-electron chi connectivity index (χ4n) is 4.78. The number of nitrogens with zero attached hydrogens (tertiary/aromatic N) is 2. The lowest BCUT2D eigenvalue weighted by Crippen LogP contribution is -2.54. The van der Waals surface area contributed by atoms with E-state index in [1.54, 1.807) is 66.7 Å². The number of hydrogen-bond acceptors (Lipinski definition) is 5. The van der Waals surface area contributed by atoms with Crippen LogP contribution in [0.1, 0.15) is 31.4 Å². The lowest BCUT2D eigenvalue weighted by Gasteiger charge is -2.34. The summed E-state index contributed by atoms with van der Waals surface area (Å²) in [7, 11) is -2.66. The molecule has 236 valence electrons. The zero-order valence-corrected chi connectivity index (χ0v) is 27.2. The van der Waals surface area contributed by atoms with Crippen LogP contribution in [0.3, 0.4) is 0 Å². The van der Waals surface area contributed by atoms with Crippen molar-refractivity contribution < 1.29 is 22.7 Å². The van der Waals surface area contributed by atoms with Crippen molar-refractivity contribution in [3.05, 3.63) is 125 Å². The van der Waals surface area contributed by atoms with Gasteiger partial charge in [0.15, 0.2) is 0 Å². The van der Waals surface area contributed by atoms with Crippen molar-refractivity contribution in [2.45, 2.75) is 50.2 Å². The molecule has 0 spiro atoms. The van der Waals surface area contributed by atoms with Gasteiger partial charge >= 0.3 is 0 Å². The number of sulfonamides is 1. The average Bonchev–Trinajstić information content (AvgIpc) is 3.06. The van der Waals surface area contributed by atoms with Gasteiger partial charge in [-0.15, -0.1) is 0 Å². The Morgan fingerprint density at radius 3 is 2.02 bits per heavy atom. The first kappa shape index (κ1) is 33.6. The van der Waals surface area contributed by atoms with E-state index < -0.39 is 28.5 Å². The van der Waals surface area contributed by atoms with Gasteiger partial charge in [-0.05, 0) is 73.0 Å². The van der Waals surface area contributed by atoms with Crippen molar-refractivity contribution in [3.63, 3.8) is 0 Å². The van der Waals surface area contributed by atoms with Crippen molar-refractivity contribution >= 4 is 39.1 Å². The highest BCUT2D eigenvalue weighted by atomic mass is 35.5. The lowest BCUT2D eigenvalue weighted by atomic mass is 10.0. The Kier molecular flexibility index (Phi) is 11.6. The Bertz CT molecular complexity index is 1650. The molecule has 0 saturated carbocycles. The number of rotatable bonds is 14. The number of amides is 2. The number of carbonyl (C=O) groups excluding carboxylic acids is 2. The Balaban J connectivity index is 1.79. The molecule has 0 aliphatic heterocycles. The van der Waals surface area contributed by atoms with Gasteiger partial charge in [-0.3, -0.25) is 13.9 Å². The highest BCUT2D eigenvalue weighted by Crippen LogP contribution is 2.27. The van der Waals surface area contributed by atoms with Crippen molar-refractivity contribution in [3.8, 4) is 5.75 Å². The third-order valence-corrected chi connectivity index (χ3v) is 9.55. The smallest absolute Gasteiger partial charge is 0.264 e. The van der Waals surface area contributed by atoms with Gasteiger partial charge < -0.3 is 15.0 Å². The molecule has 4 aromatic carbocycles. The molecule has 4 rings (SSSR count). The van der Waals surface area contributed by atoms with Crippen LogP contribution in [0.25, 0.3) is 0 Å². The molecule has 0 unspecified atom stereocenters. The van der Waals surface area contributed by atoms with Crippen molar-refractivity contribution in [2.24, 2.45) is 0 Å². The standard InChI is InChI=1S/C35H38ClN3O5S/c1-4-26(2)37-35(41)33(23-27-11-7-5-8-12-27)38(24-28-15-17-29(36)18-16-28)34(40)25-39(30-19-21-31(44-3)22-20-30)45(42,43)32-13-9-6-10-14-32/h5-22,26,33H,4,23-25H2,1-3H3,(H,37,41)/t26-,33+/m0/s1. The summed E-state index contributed by atoms with van der Waals surface area (Å²) in [4.78, 5) is 29.9. The molecule has 2 atom stereocenters. The number of ether oxygens (including phenoxy) is 1. The van der Waals surface area contributed by atoms with E-state index in [0.717, 1.165) is 15.4 Å². The van der Waals surface area contributed by atoms with E-state index in [4.69, 9.17) is 16.3 Å². The van der Waals surface area contributed by atoms with Gasteiger partial charge in [-0.1, -0.05) is 79.2 Å². The first-order valence-corrected chi connectivity index (χ1v) is 16.5. The van der Waals surface area contributed by atoms with Crippen LogP contribution in [0, 0.1) is 0 Å². The first-order chi connectivity index (χ1) is 21.6. The summed E-state index contributed by atoms with van der Waals surface area (Å²) in [5, 5.41) is 3.57. The highest BCUT2D eigenvalue weighted by molar-refractivity contribution is 7.92. The quantitative estimate of drug-likeness (QED) is 0.179. The molecule has 0 fully saturated rings. The molecule has 0 radical (unpaired) electrons. The maximum Gasteiger partial charge on any atom is 0.264 e. The van der Waals surface area contributed by atoms with E-state index in [2.05, 4.69) is 5.32 Å². The van der Waals surface area contributed by atoms with E-state index in [1.807, 2.05) is 44.2 Å². The molecule has 1 N–H and O–H groups in total. The molecular weight excluding hydrogens is 610 g/mol. The third-order valence-electron chi connectivity index (χ3n) is 7.51. The molecule has 0 aliphatic rings. The van der Waals surface area contributed by atoms with Crippen LogP contribution in [-0.4, -0.2) is 50.9 Å². The average molecular weight is 648 g/mol. The zero-order chi connectivity index (χ0) is 32.4. The molecule has 0 aromatic heterocycles. The Morgan fingerprint density at radius 1 is 0.844 bits per heavy atom. The van der Waals surface area contributed by atoms with E-state index >= 15 is 0 Å². The SMILES string of the molecule is CC[C@H](C)NC(=O)[C@@H](Cc1ccccc1)N(Cc1ccc(Cl)cc1)C(=O)CN(c1ccc(OC)cc1)S(=O)(=O)c1ccccc1. The number of methoxy groups -OCH3 is 1. The number of benzene rings is 4. The molecule has 8 nitrogen and oxygen atoms in total. The summed E-state index contributed by atoms with van der Waals surface area (Å²) in [6.07, 6.45) is 0.936. The normalized spacial score (nSPS) is 12.5. The third kappa shape index (κ3) is 8.86. The monoisotopic (exact) mass is 647 g/mol. The van der Waals surface area contributed by atoms with Crippen molar-refractivity contribution in [1.82, 2.24) is 10.2 Å². The maximum atomic E-state index is 14.5. The Morgan fingerprint density at radius 2 is 1.44 bits per heavy atom. The Hall–Kier alpha value is -4.34. The maximum absolute atomic E-state index is 14.5. The molecule has 0 aliphatic carbocycles. The van der Waals surface area contributed by atoms with Crippen LogP contribution < -0.4 is 14.4 Å². The summed E-state index contributed by atoms with van der Waals surface area (Å²) >= 11 is 6.14. The summed E-state index contributed by atoms with van der Waals surface area (Å²) < 4.78 is 34.4. The minimum atomic E-state index is -4.18. The fourth-order valence-corrected chi connectivity index (χ4v) is 6.34. The van der Waals surface area contributed by atoms with Gasteiger partial charge in [0.1, 0.15) is 18.3 Å². The largest absolute Gasteiger partial charge is 0.497 e. The van der Waals surface area contributed by atoms with Crippen molar-refractivity contribution in [2.75, 3.05) is 18.0 Å². The van der Waals surface area contributed by atoms with Gasteiger partial charge in [-0.25, -0.2) is 8.42 Å². The van der Waals surface area contributed by atoms with Crippen LogP contribution >= 0.6 is 11.6 Å². The molecule has 0 saturated heterocycles. The van der Waals surface area contributed by atoms with Gasteiger partial charge in [-0.2, -0.15) is 0 Å². The number of anilines is 1.